The van der Waals surface area contributed by atoms with Crippen LogP contribution in [0.5, 0.6) is 17.2 Å². The van der Waals surface area contributed by atoms with E-state index in [0.717, 1.165) is 31.9 Å². The Labute approximate surface area is 105 Å². The van der Waals surface area contributed by atoms with Crippen LogP contribution in [0.3, 0.4) is 0 Å². The van der Waals surface area contributed by atoms with Crippen molar-refractivity contribution in [1.82, 2.24) is 10.4 Å². The molecule has 6 heteroatoms. The van der Waals surface area contributed by atoms with Gasteiger partial charge in [0.25, 0.3) is 0 Å². The van der Waals surface area contributed by atoms with Gasteiger partial charge in [0, 0.05) is 31.3 Å². The number of morpholine rings is 1. The maximum Gasteiger partial charge on any atom is 0.231 e. The number of ether oxygens (including phenoxy) is 3. The molecule has 0 aromatic heterocycles. The van der Waals surface area contributed by atoms with Gasteiger partial charge < -0.3 is 19.3 Å². The molecule has 18 heavy (non-hydrogen) atoms. The van der Waals surface area contributed by atoms with Crippen LogP contribution >= 0.6 is 0 Å². The van der Waals surface area contributed by atoms with E-state index in [9.17, 15) is 5.11 Å². The van der Waals surface area contributed by atoms with Crippen LogP contribution in [0.15, 0.2) is 12.1 Å². The molecule has 1 aromatic carbocycles. The summed E-state index contributed by atoms with van der Waals surface area (Å²) in [4.78, 5) is 0. The van der Waals surface area contributed by atoms with Crippen LogP contribution in [0.1, 0.15) is 5.56 Å². The zero-order chi connectivity index (χ0) is 12.4. The fourth-order valence-corrected chi connectivity index (χ4v) is 2.03. The zero-order valence-electron chi connectivity index (χ0n) is 10.0. The van der Waals surface area contributed by atoms with Crippen molar-refractivity contribution in [2.75, 3.05) is 33.1 Å². The molecule has 0 bridgehead atoms. The topological polar surface area (TPSA) is 63.2 Å². The molecule has 6 nitrogen and oxygen atoms in total. The molecular formula is C12H16N2O4. The number of hydrogen-bond donors (Lipinski definition) is 2. The summed E-state index contributed by atoms with van der Waals surface area (Å²) >= 11 is 0. The molecule has 2 aliphatic heterocycles. The third kappa shape index (κ3) is 2.35. The number of rotatable bonds is 3. The van der Waals surface area contributed by atoms with Crippen molar-refractivity contribution >= 4 is 0 Å². The number of phenols is 1. The molecule has 0 spiro atoms. The predicted molar refractivity (Wildman–Crippen MR) is 63.5 cm³/mol. The van der Waals surface area contributed by atoms with E-state index in [-0.39, 0.29) is 12.5 Å². The Morgan fingerprint density at radius 3 is 2.67 bits per heavy atom. The molecule has 2 aliphatic rings. The highest BCUT2D eigenvalue weighted by molar-refractivity contribution is 5.51. The summed E-state index contributed by atoms with van der Waals surface area (Å²) in [7, 11) is 0. The number of nitrogens with zero attached hydrogens (tertiary/aromatic N) is 1. The first kappa shape index (κ1) is 11.6. The number of benzene rings is 1. The van der Waals surface area contributed by atoms with Crippen molar-refractivity contribution < 1.29 is 19.3 Å². The molecule has 98 valence electrons. The normalized spacial score (nSPS) is 19.1. The molecular weight excluding hydrogens is 236 g/mol. The lowest BCUT2D eigenvalue weighted by Gasteiger charge is -2.27. The Balaban J connectivity index is 1.65. The Kier molecular flexibility index (Phi) is 3.22. The second-order valence-electron chi connectivity index (χ2n) is 4.27. The molecule has 0 atom stereocenters. The minimum absolute atomic E-state index is 0.217. The fraction of sp³-hybridized carbons (Fsp3) is 0.500. The summed E-state index contributed by atoms with van der Waals surface area (Å²) in [6.07, 6.45) is 0. The number of hydrogen-bond acceptors (Lipinski definition) is 6. The number of phenolic OH excluding ortho intramolecular Hbond substituents is 1. The molecule has 1 fully saturated rings. The van der Waals surface area contributed by atoms with Crippen molar-refractivity contribution in [3.05, 3.63) is 17.7 Å². The summed E-state index contributed by atoms with van der Waals surface area (Å²) in [5.41, 5.74) is 4.06. The Hall–Kier alpha value is -1.50. The smallest absolute Gasteiger partial charge is 0.231 e. The van der Waals surface area contributed by atoms with Gasteiger partial charge >= 0.3 is 0 Å². The quantitative estimate of drug-likeness (QED) is 0.814. The lowest BCUT2D eigenvalue weighted by Crippen LogP contribution is -2.45. The van der Waals surface area contributed by atoms with Gasteiger partial charge in [0.15, 0.2) is 11.5 Å². The van der Waals surface area contributed by atoms with Gasteiger partial charge in [-0.05, 0) is 6.07 Å². The molecule has 0 unspecified atom stereocenters. The van der Waals surface area contributed by atoms with E-state index in [0.29, 0.717) is 18.0 Å². The first-order valence-corrected chi connectivity index (χ1v) is 6.00. The summed E-state index contributed by atoms with van der Waals surface area (Å²) in [6.45, 7) is 3.95. The van der Waals surface area contributed by atoms with Gasteiger partial charge in [-0.1, -0.05) is 0 Å². The first-order chi connectivity index (χ1) is 8.83. The third-order valence-corrected chi connectivity index (χ3v) is 3.08. The van der Waals surface area contributed by atoms with E-state index in [1.165, 1.54) is 0 Å². The molecule has 2 N–H and O–H groups in total. The van der Waals surface area contributed by atoms with E-state index in [1.807, 2.05) is 6.07 Å². The second-order valence-corrected chi connectivity index (χ2v) is 4.27. The monoisotopic (exact) mass is 252 g/mol. The van der Waals surface area contributed by atoms with Gasteiger partial charge in [-0.25, -0.2) is 5.01 Å². The van der Waals surface area contributed by atoms with Crippen molar-refractivity contribution in [3.63, 3.8) is 0 Å². The van der Waals surface area contributed by atoms with E-state index in [2.05, 4.69) is 10.4 Å². The summed E-state index contributed by atoms with van der Waals surface area (Å²) < 4.78 is 15.8. The molecule has 0 saturated carbocycles. The minimum atomic E-state index is 0.217. The number of aromatic hydroxyl groups is 1. The SMILES string of the molecule is Oc1cc2c(cc1CNN1CCOCC1)OCO2. The van der Waals surface area contributed by atoms with Crippen LogP contribution in [0, 0.1) is 0 Å². The van der Waals surface area contributed by atoms with Gasteiger partial charge in [0.2, 0.25) is 6.79 Å². The molecule has 3 rings (SSSR count). The highest BCUT2D eigenvalue weighted by atomic mass is 16.7. The van der Waals surface area contributed by atoms with Crippen LogP contribution in [0.4, 0.5) is 0 Å². The van der Waals surface area contributed by atoms with Gasteiger partial charge in [-0.15, -0.1) is 0 Å². The lowest BCUT2D eigenvalue weighted by molar-refractivity contribution is 0.0104. The van der Waals surface area contributed by atoms with Gasteiger partial charge in [-0.3, -0.25) is 5.43 Å². The lowest BCUT2D eigenvalue weighted by atomic mass is 10.2. The van der Waals surface area contributed by atoms with E-state index in [4.69, 9.17) is 14.2 Å². The van der Waals surface area contributed by atoms with Crippen molar-refractivity contribution in [2.24, 2.45) is 0 Å². The number of nitrogens with one attached hydrogen (secondary N) is 1. The van der Waals surface area contributed by atoms with Gasteiger partial charge in [0.05, 0.1) is 13.2 Å². The average molecular weight is 252 g/mol. The summed E-state index contributed by atoms with van der Waals surface area (Å²) in [6, 6.07) is 3.41. The maximum absolute atomic E-state index is 9.89. The largest absolute Gasteiger partial charge is 0.507 e. The van der Waals surface area contributed by atoms with Crippen LogP contribution in [0.2, 0.25) is 0 Å². The average Bonchev–Trinajstić information content (AvgIpc) is 2.84. The van der Waals surface area contributed by atoms with Crippen molar-refractivity contribution in [1.29, 1.82) is 0 Å². The number of fused-ring (bicyclic) bond motifs is 1. The second kappa shape index (κ2) is 5.01. The minimum Gasteiger partial charge on any atom is -0.507 e. The molecule has 0 radical (unpaired) electrons. The van der Waals surface area contributed by atoms with Gasteiger partial charge in [0.1, 0.15) is 5.75 Å². The third-order valence-electron chi connectivity index (χ3n) is 3.08. The van der Waals surface area contributed by atoms with Crippen LogP contribution in [-0.2, 0) is 11.3 Å². The fourth-order valence-electron chi connectivity index (χ4n) is 2.03. The summed E-state index contributed by atoms with van der Waals surface area (Å²) in [5, 5.41) is 12.0. The van der Waals surface area contributed by atoms with E-state index < -0.39 is 0 Å². The summed E-state index contributed by atoms with van der Waals surface area (Å²) in [5.74, 6) is 1.51. The number of hydrazine groups is 1. The maximum atomic E-state index is 9.89. The van der Waals surface area contributed by atoms with Crippen molar-refractivity contribution in [2.45, 2.75) is 6.54 Å². The molecule has 2 heterocycles. The molecule has 0 amide bonds. The van der Waals surface area contributed by atoms with Gasteiger partial charge in [-0.2, -0.15) is 0 Å². The van der Waals surface area contributed by atoms with Crippen LogP contribution < -0.4 is 14.9 Å². The highest BCUT2D eigenvalue weighted by Crippen LogP contribution is 2.37. The molecule has 0 aliphatic carbocycles. The van der Waals surface area contributed by atoms with E-state index >= 15 is 0 Å². The highest BCUT2D eigenvalue weighted by Gasteiger charge is 2.17. The Bertz CT molecular complexity index is 432. The van der Waals surface area contributed by atoms with Crippen LogP contribution in [-0.4, -0.2) is 43.2 Å². The Morgan fingerprint density at radius 1 is 1.17 bits per heavy atom. The zero-order valence-corrected chi connectivity index (χ0v) is 10.0. The molecule has 1 saturated heterocycles. The first-order valence-electron chi connectivity index (χ1n) is 6.00. The standard InChI is InChI=1S/C12H16N2O4/c15-10-6-12-11(17-8-18-12)5-9(10)7-13-14-1-3-16-4-2-14/h5-6,13,15H,1-4,7-8H2. The molecule has 1 aromatic rings. The van der Waals surface area contributed by atoms with Crippen LogP contribution in [0.25, 0.3) is 0 Å². The van der Waals surface area contributed by atoms with Crippen molar-refractivity contribution in [3.8, 4) is 17.2 Å². The Morgan fingerprint density at radius 2 is 1.89 bits per heavy atom. The predicted octanol–water partition coefficient (Wildman–Crippen LogP) is 0.458. The van der Waals surface area contributed by atoms with E-state index in [1.54, 1.807) is 6.07 Å².